The van der Waals surface area contributed by atoms with Gasteiger partial charge >= 0.3 is 0 Å². The van der Waals surface area contributed by atoms with Crippen molar-refractivity contribution in [3.8, 4) is 0 Å². The first-order valence-corrected chi connectivity index (χ1v) is 5.97. The molecule has 1 fully saturated rings. The number of β-amino-alcohol motifs (C(OH)–C–C–N with tert-alkyl or cyclic N) is 1. The minimum absolute atomic E-state index is 0.144. The fourth-order valence-electron chi connectivity index (χ4n) is 1.59. The molecule has 1 amide bonds. The maximum Gasteiger partial charge on any atom is 0.219 e. The van der Waals surface area contributed by atoms with Crippen molar-refractivity contribution in [2.75, 3.05) is 38.1 Å². The van der Waals surface area contributed by atoms with Gasteiger partial charge in [0.05, 0.1) is 6.10 Å². The normalized spacial score (nSPS) is 20.9. The van der Waals surface area contributed by atoms with Gasteiger partial charge in [-0.3, -0.25) is 9.69 Å². The van der Waals surface area contributed by atoms with Gasteiger partial charge in [0.1, 0.15) is 0 Å². The summed E-state index contributed by atoms with van der Waals surface area (Å²) in [5.74, 6) is 0.144. The van der Waals surface area contributed by atoms with E-state index in [9.17, 15) is 9.90 Å². The minimum Gasteiger partial charge on any atom is -0.391 e. The molecule has 0 radical (unpaired) electrons. The van der Waals surface area contributed by atoms with E-state index in [0.717, 1.165) is 26.2 Å². The van der Waals surface area contributed by atoms with E-state index in [1.165, 1.54) is 0 Å². The molecule has 14 heavy (non-hydrogen) atoms. The molecule has 82 valence electrons. The second-order valence-electron chi connectivity index (χ2n) is 3.61. The van der Waals surface area contributed by atoms with E-state index in [4.69, 9.17) is 0 Å². The van der Waals surface area contributed by atoms with Crippen molar-refractivity contribution in [3.63, 3.8) is 0 Å². The second-order valence-corrected chi connectivity index (χ2v) is 4.26. The van der Waals surface area contributed by atoms with Crippen LogP contribution in [0.2, 0.25) is 0 Å². The van der Waals surface area contributed by atoms with Crippen molar-refractivity contribution >= 4 is 21.8 Å². The van der Waals surface area contributed by atoms with Gasteiger partial charge in [-0.1, -0.05) is 15.9 Å². The van der Waals surface area contributed by atoms with Gasteiger partial charge in [-0.15, -0.1) is 0 Å². The van der Waals surface area contributed by atoms with Crippen LogP contribution >= 0.6 is 15.9 Å². The molecule has 1 aliphatic rings. The van der Waals surface area contributed by atoms with Gasteiger partial charge in [0.25, 0.3) is 0 Å². The Morgan fingerprint density at radius 1 is 1.43 bits per heavy atom. The van der Waals surface area contributed by atoms with Crippen LogP contribution < -0.4 is 0 Å². The molecular weight excluding hydrogens is 248 g/mol. The SMILES string of the molecule is CC(=O)N1CCN(CC(O)CBr)CC1. The van der Waals surface area contributed by atoms with Crippen molar-refractivity contribution in [1.29, 1.82) is 0 Å². The van der Waals surface area contributed by atoms with Gasteiger partial charge in [-0.25, -0.2) is 0 Å². The molecule has 1 saturated heterocycles. The van der Waals surface area contributed by atoms with Crippen LogP contribution in [-0.2, 0) is 4.79 Å². The summed E-state index contributed by atoms with van der Waals surface area (Å²) in [7, 11) is 0. The number of piperazine rings is 1. The summed E-state index contributed by atoms with van der Waals surface area (Å²) in [4.78, 5) is 15.1. The fraction of sp³-hybridized carbons (Fsp3) is 0.889. The Balaban J connectivity index is 2.25. The number of hydrogen-bond acceptors (Lipinski definition) is 3. The first-order valence-electron chi connectivity index (χ1n) is 4.85. The molecule has 0 aromatic rings. The lowest BCUT2D eigenvalue weighted by Crippen LogP contribution is -2.50. The summed E-state index contributed by atoms with van der Waals surface area (Å²) in [6, 6.07) is 0. The third kappa shape index (κ3) is 3.55. The topological polar surface area (TPSA) is 43.8 Å². The monoisotopic (exact) mass is 264 g/mol. The number of aliphatic hydroxyl groups is 1. The van der Waals surface area contributed by atoms with E-state index in [2.05, 4.69) is 20.8 Å². The van der Waals surface area contributed by atoms with Gasteiger partial charge in [0.2, 0.25) is 5.91 Å². The highest BCUT2D eigenvalue weighted by molar-refractivity contribution is 9.09. The van der Waals surface area contributed by atoms with Crippen molar-refractivity contribution in [2.24, 2.45) is 0 Å². The molecule has 1 aliphatic heterocycles. The number of rotatable bonds is 3. The number of aliphatic hydroxyl groups excluding tert-OH is 1. The molecule has 0 spiro atoms. The molecule has 0 aromatic heterocycles. The Bertz CT molecular complexity index is 193. The summed E-state index contributed by atoms with van der Waals surface area (Å²) in [5, 5.41) is 10.0. The average Bonchev–Trinajstić information content (AvgIpc) is 2.18. The fourth-order valence-corrected chi connectivity index (χ4v) is 1.80. The second kappa shape index (κ2) is 5.68. The lowest BCUT2D eigenvalue weighted by Gasteiger charge is -2.34. The van der Waals surface area contributed by atoms with Crippen LogP contribution in [0.4, 0.5) is 0 Å². The Morgan fingerprint density at radius 2 is 2.00 bits per heavy atom. The largest absolute Gasteiger partial charge is 0.391 e. The molecular formula is C9H17BrN2O2. The molecule has 0 bridgehead atoms. The van der Waals surface area contributed by atoms with Gasteiger partial charge < -0.3 is 10.0 Å². The highest BCUT2D eigenvalue weighted by Gasteiger charge is 2.19. The van der Waals surface area contributed by atoms with Crippen molar-refractivity contribution in [2.45, 2.75) is 13.0 Å². The number of nitrogens with zero attached hydrogens (tertiary/aromatic N) is 2. The quantitative estimate of drug-likeness (QED) is 0.725. The predicted molar refractivity (Wildman–Crippen MR) is 58.5 cm³/mol. The van der Waals surface area contributed by atoms with Gasteiger partial charge in [-0.2, -0.15) is 0 Å². The Hall–Kier alpha value is -0.130. The first-order chi connectivity index (χ1) is 6.63. The predicted octanol–water partition coefficient (Wildman–Crippen LogP) is -0.0937. The number of halogens is 1. The van der Waals surface area contributed by atoms with E-state index < -0.39 is 0 Å². The van der Waals surface area contributed by atoms with Crippen LogP contribution in [0.1, 0.15) is 6.92 Å². The number of alkyl halides is 1. The molecule has 5 heteroatoms. The third-order valence-electron chi connectivity index (χ3n) is 2.46. The number of carbonyl (C=O) groups is 1. The zero-order valence-electron chi connectivity index (χ0n) is 8.45. The molecule has 1 rings (SSSR count). The molecule has 0 saturated carbocycles. The average molecular weight is 265 g/mol. The molecule has 1 N–H and O–H groups in total. The van der Waals surface area contributed by atoms with Crippen molar-refractivity contribution < 1.29 is 9.90 Å². The van der Waals surface area contributed by atoms with Crippen LogP contribution in [-0.4, -0.2) is 65.0 Å². The van der Waals surface area contributed by atoms with Crippen LogP contribution in [0.5, 0.6) is 0 Å². The molecule has 4 nitrogen and oxygen atoms in total. The maximum absolute atomic E-state index is 11.0. The lowest BCUT2D eigenvalue weighted by atomic mass is 10.3. The van der Waals surface area contributed by atoms with Crippen LogP contribution in [0.15, 0.2) is 0 Å². The first kappa shape index (κ1) is 11.9. The molecule has 1 unspecified atom stereocenters. The highest BCUT2D eigenvalue weighted by atomic mass is 79.9. The zero-order valence-corrected chi connectivity index (χ0v) is 10.0. The minimum atomic E-state index is -0.307. The highest BCUT2D eigenvalue weighted by Crippen LogP contribution is 2.03. The van der Waals surface area contributed by atoms with E-state index in [1.54, 1.807) is 6.92 Å². The van der Waals surface area contributed by atoms with Crippen LogP contribution in [0.3, 0.4) is 0 Å². The summed E-state index contributed by atoms with van der Waals surface area (Å²) < 4.78 is 0. The zero-order chi connectivity index (χ0) is 10.6. The summed E-state index contributed by atoms with van der Waals surface area (Å²) >= 11 is 3.24. The van der Waals surface area contributed by atoms with Gasteiger partial charge in [0, 0.05) is 45.0 Å². The number of amides is 1. The Kier molecular flexibility index (Phi) is 4.84. The van der Waals surface area contributed by atoms with E-state index in [0.29, 0.717) is 11.9 Å². The standard InChI is InChI=1S/C9H17BrN2O2/c1-8(13)12-4-2-11(3-5-12)7-9(14)6-10/h9,14H,2-7H2,1H3. The summed E-state index contributed by atoms with van der Waals surface area (Å²) in [6.07, 6.45) is -0.307. The lowest BCUT2D eigenvalue weighted by molar-refractivity contribution is -0.130. The molecule has 1 heterocycles. The van der Waals surface area contributed by atoms with Gasteiger partial charge in [-0.05, 0) is 0 Å². The number of hydrogen-bond donors (Lipinski definition) is 1. The molecule has 1 atom stereocenters. The maximum atomic E-state index is 11.0. The Morgan fingerprint density at radius 3 is 2.43 bits per heavy atom. The van der Waals surface area contributed by atoms with E-state index in [-0.39, 0.29) is 12.0 Å². The van der Waals surface area contributed by atoms with Crippen LogP contribution in [0.25, 0.3) is 0 Å². The van der Waals surface area contributed by atoms with E-state index in [1.807, 2.05) is 4.90 Å². The number of carbonyl (C=O) groups excluding carboxylic acids is 1. The molecule has 0 aromatic carbocycles. The smallest absolute Gasteiger partial charge is 0.219 e. The van der Waals surface area contributed by atoms with Crippen LogP contribution in [0, 0.1) is 0 Å². The summed E-state index contributed by atoms with van der Waals surface area (Å²) in [5.41, 5.74) is 0. The van der Waals surface area contributed by atoms with Crippen molar-refractivity contribution in [3.05, 3.63) is 0 Å². The van der Waals surface area contributed by atoms with E-state index >= 15 is 0 Å². The Labute approximate surface area is 93.0 Å². The summed E-state index contributed by atoms with van der Waals surface area (Å²) in [6.45, 7) is 5.59. The third-order valence-corrected chi connectivity index (χ3v) is 3.21. The van der Waals surface area contributed by atoms with Crippen molar-refractivity contribution in [1.82, 2.24) is 9.80 Å². The molecule has 0 aliphatic carbocycles. The van der Waals surface area contributed by atoms with Gasteiger partial charge in [0.15, 0.2) is 0 Å².